The molecule has 0 bridgehead atoms. The summed E-state index contributed by atoms with van der Waals surface area (Å²) < 4.78 is 19.6. The molecule has 20 heavy (non-hydrogen) atoms. The summed E-state index contributed by atoms with van der Waals surface area (Å²) in [6, 6.07) is 4.99. The Hall–Kier alpha value is -1.33. The molecule has 2 N–H and O–H groups in total. The molecule has 1 aromatic carbocycles. The molecule has 0 aliphatic heterocycles. The smallest absolute Gasteiger partial charge is 0.261 e. The molecule has 0 radical (unpaired) electrons. The number of hydrogen-bond donors (Lipinski definition) is 1. The Balaban J connectivity index is 2.28. The van der Waals surface area contributed by atoms with Gasteiger partial charge in [-0.15, -0.1) is 0 Å². The van der Waals surface area contributed by atoms with Gasteiger partial charge in [0.2, 0.25) is 0 Å². The highest BCUT2D eigenvalue weighted by Crippen LogP contribution is 2.32. The van der Waals surface area contributed by atoms with Crippen molar-refractivity contribution < 1.29 is 8.81 Å². The lowest BCUT2D eigenvalue weighted by molar-refractivity contribution is 0.431. The van der Waals surface area contributed by atoms with Crippen LogP contribution in [0.3, 0.4) is 0 Å². The van der Waals surface area contributed by atoms with Crippen LogP contribution >= 0.6 is 11.8 Å². The largest absolute Gasteiger partial charge is 0.436 e. The van der Waals surface area contributed by atoms with Gasteiger partial charge in [0.25, 0.3) is 5.22 Å². The molecule has 0 aliphatic carbocycles. The lowest BCUT2D eigenvalue weighted by Gasteiger charge is -2.13. The van der Waals surface area contributed by atoms with E-state index in [-0.39, 0.29) is 11.9 Å². The molecule has 0 saturated heterocycles. The van der Waals surface area contributed by atoms with Gasteiger partial charge < -0.3 is 10.2 Å². The van der Waals surface area contributed by atoms with E-state index in [0.717, 1.165) is 22.8 Å². The number of hydrogen-bond acceptors (Lipinski definition) is 4. The maximum Gasteiger partial charge on any atom is 0.261 e. The number of aromatic nitrogens is 1. The van der Waals surface area contributed by atoms with E-state index in [4.69, 9.17) is 10.2 Å². The van der Waals surface area contributed by atoms with Crippen molar-refractivity contribution in [3.05, 3.63) is 41.0 Å². The van der Waals surface area contributed by atoms with E-state index in [1.54, 1.807) is 6.07 Å². The van der Waals surface area contributed by atoms with Gasteiger partial charge in [-0.1, -0.05) is 13.0 Å². The minimum Gasteiger partial charge on any atom is -0.436 e. The average molecular weight is 294 g/mol. The Morgan fingerprint density at radius 1 is 1.40 bits per heavy atom. The Morgan fingerprint density at radius 3 is 2.75 bits per heavy atom. The minimum atomic E-state index is -0.223. The first-order chi connectivity index (χ1) is 9.51. The van der Waals surface area contributed by atoms with Gasteiger partial charge in [-0.2, -0.15) is 0 Å². The van der Waals surface area contributed by atoms with Crippen molar-refractivity contribution >= 4 is 11.8 Å². The SMILES string of the molecule is CCC(N)Cc1c(F)cccc1Sc1nc(C)c(C)o1. The van der Waals surface area contributed by atoms with Gasteiger partial charge in [0.05, 0.1) is 5.69 Å². The van der Waals surface area contributed by atoms with Crippen LogP contribution in [-0.4, -0.2) is 11.0 Å². The summed E-state index contributed by atoms with van der Waals surface area (Å²) in [7, 11) is 0. The van der Waals surface area contributed by atoms with Gasteiger partial charge in [0.1, 0.15) is 11.6 Å². The zero-order valence-electron chi connectivity index (χ0n) is 11.9. The number of nitrogens with zero attached hydrogens (tertiary/aromatic N) is 1. The average Bonchev–Trinajstić information content (AvgIpc) is 2.72. The first kappa shape index (κ1) is 15.1. The van der Waals surface area contributed by atoms with E-state index < -0.39 is 0 Å². The Labute approximate surface area is 122 Å². The third kappa shape index (κ3) is 3.41. The summed E-state index contributed by atoms with van der Waals surface area (Å²) >= 11 is 1.34. The molecule has 0 fully saturated rings. The molecule has 1 heterocycles. The fourth-order valence-electron chi connectivity index (χ4n) is 1.82. The molecule has 0 aliphatic rings. The van der Waals surface area contributed by atoms with Crippen LogP contribution in [0.15, 0.2) is 32.7 Å². The molecule has 2 aromatic rings. The highest BCUT2D eigenvalue weighted by molar-refractivity contribution is 7.99. The van der Waals surface area contributed by atoms with Crippen LogP contribution in [0.1, 0.15) is 30.4 Å². The Bertz CT molecular complexity index is 578. The quantitative estimate of drug-likeness (QED) is 0.909. The summed E-state index contributed by atoms with van der Waals surface area (Å²) in [6.45, 7) is 5.76. The number of oxazole rings is 1. The normalized spacial score (nSPS) is 12.7. The molecule has 0 saturated carbocycles. The maximum atomic E-state index is 14.0. The molecule has 1 aromatic heterocycles. The van der Waals surface area contributed by atoms with E-state index >= 15 is 0 Å². The predicted molar refractivity (Wildman–Crippen MR) is 78.5 cm³/mol. The van der Waals surface area contributed by atoms with Crippen LogP contribution in [0.2, 0.25) is 0 Å². The van der Waals surface area contributed by atoms with Crippen LogP contribution in [0.5, 0.6) is 0 Å². The summed E-state index contributed by atoms with van der Waals surface area (Å²) in [4.78, 5) is 5.13. The van der Waals surface area contributed by atoms with Crippen molar-refractivity contribution in [3.8, 4) is 0 Å². The molecule has 5 heteroatoms. The predicted octanol–water partition coefficient (Wildman–Crippen LogP) is 3.86. The van der Waals surface area contributed by atoms with Crippen molar-refractivity contribution in [2.75, 3.05) is 0 Å². The fourth-order valence-corrected chi connectivity index (χ4v) is 2.81. The molecule has 108 valence electrons. The molecule has 0 amide bonds. The fraction of sp³-hybridized carbons (Fsp3) is 0.400. The first-order valence-electron chi connectivity index (χ1n) is 6.66. The number of rotatable bonds is 5. The van der Waals surface area contributed by atoms with Crippen LogP contribution in [0.25, 0.3) is 0 Å². The first-order valence-corrected chi connectivity index (χ1v) is 7.47. The molecular formula is C15H19FN2OS. The monoisotopic (exact) mass is 294 g/mol. The van der Waals surface area contributed by atoms with Crippen molar-refractivity contribution in [2.45, 2.75) is 49.8 Å². The van der Waals surface area contributed by atoms with Crippen LogP contribution in [-0.2, 0) is 6.42 Å². The minimum absolute atomic E-state index is 0.0423. The highest BCUT2D eigenvalue weighted by atomic mass is 32.2. The van der Waals surface area contributed by atoms with Gasteiger partial charge in [0, 0.05) is 16.5 Å². The van der Waals surface area contributed by atoms with Gasteiger partial charge in [-0.25, -0.2) is 9.37 Å². The van der Waals surface area contributed by atoms with E-state index in [1.807, 2.05) is 26.8 Å². The summed E-state index contributed by atoms with van der Waals surface area (Å²) in [5, 5.41) is 0.539. The molecule has 0 spiro atoms. The Kier molecular flexibility index (Phi) is 4.83. The van der Waals surface area contributed by atoms with E-state index in [0.29, 0.717) is 17.2 Å². The third-order valence-corrected chi connectivity index (χ3v) is 4.22. The standard InChI is InChI=1S/C15H19FN2OS/c1-4-11(17)8-12-13(16)6-5-7-14(12)20-15-18-9(2)10(3)19-15/h5-7,11H,4,8,17H2,1-3H3. The number of aryl methyl sites for hydroxylation is 2. The van der Waals surface area contributed by atoms with Gasteiger partial charge in [-0.3, -0.25) is 0 Å². The topological polar surface area (TPSA) is 52.0 Å². The lowest BCUT2D eigenvalue weighted by Crippen LogP contribution is -2.22. The van der Waals surface area contributed by atoms with E-state index in [2.05, 4.69) is 4.98 Å². The summed E-state index contributed by atoms with van der Waals surface area (Å²) in [6.07, 6.45) is 1.33. The zero-order valence-corrected chi connectivity index (χ0v) is 12.8. The van der Waals surface area contributed by atoms with E-state index in [9.17, 15) is 4.39 Å². The van der Waals surface area contributed by atoms with Crippen LogP contribution in [0.4, 0.5) is 4.39 Å². The van der Waals surface area contributed by atoms with Gasteiger partial charge in [0.15, 0.2) is 0 Å². The Morgan fingerprint density at radius 2 is 2.15 bits per heavy atom. The van der Waals surface area contributed by atoms with Crippen molar-refractivity contribution in [1.82, 2.24) is 4.98 Å². The summed E-state index contributed by atoms with van der Waals surface area (Å²) in [5.74, 6) is 0.564. The second-order valence-electron chi connectivity index (χ2n) is 4.81. The number of halogens is 1. The van der Waals surface area contributed by atoms with E-state index in [1.165, 1.54) is 17.8 Å². The van der Waals surface area contributed by atoms with Crippen molar-refractivity contribution in [1.29, 1.82) is 0 Å². The number of nitrogens with two attached hydrogens (primary N) is 1. The van der Waals surface area contributed by atoms with Gasteiger partial charge >= 0.3 is 0 Å². The molecular weight excluding hydrogens is 275 g/mol. The zero-order chi connectivity index (χ0) is 14.7. The maximum absolute atomic E-state index is 14.0. The molecule has 2 rings (SSSR count). The molecule has 3 nitrogen and oxygen atoms in total. The highest BCUT2D eigenvalue weighted by Gasteiger charge is 2.15. The summed E-state index contributed by atoms with van der Waals surface area (Å²) in [5.41, 5.74) is 7.45. The molecule has 1 unspecified atom stereocenters. The van der Waals surface area contributed by atoms with Crippen LogP contribution in [0, 0.1) is 19.7 Å². The molecule has 1 atom stereocenters. The third-order valence-electron chi connectivity index (χ3n) is 3.27. The second kappa shape index (κ2) is 6.41. The second-order valence-corrected chi connectivity index (χ2v) is 5.81. The van der Waals surface area contributed by atoms with Crippen LogP contribution < -0.4 is 5.73 Å². The number of benzene rings is 1. The lowest BCUT2D eigenvalue weighted by atomic mass is 10.0. The van der Waals surface area contributed by atoms with Gasteiger partial charge in [-0.05, 0) is 50.6 Å². The van der Waals surface area contributed by atoms with Crippen molar-refractivity contribution in [2.24, 2.45) is 5.73 Å². The van der Waals surface area contributed by atoms with Crippen molar-refractivity contribution in [3.63, 3.8) is 0 Å².